The standard InChI is InChI=1S/C11H15NO/c1-13-11-5-3-2-4-8(11)6-9-7-10(9)12/h2-5,9-10H,6-7,12H2,1H3. The van der Waals surface area contributed by atoms with Gasteiger partial charge in [0.05, 0.1) is 7.11 Å². The Morgan fingerprint density at radius 2 is 2.15 bits per heavy atom. The van der Waals surface area contributed by atoms with Crippen LogP contribution in [0.15, 0.2) is 24.3 Å². The minimum atomic E-state index is 0.421. The first-order valence-electron chi connectivity index (χ1n) is 4.68. The van der Waals surface area contributed by atoms with Crippen LogP contribution in [0.25, 0.3) is 0 Å². The van der Waals surface area contributed by atoms with Crippen LogP contribution in [0.1, 0.15) is 12.0 Å². The molecule has 13 heavy (non-hydrogen) atoms. The van der Waals surface area contributed by atoms with Crippen LogP contribution < -0.4 is 10.5 Å². The number of ether oxygens (including phenoxy) is 1. The van der Waals surface area contributed by atoms with Crippen molar-refractivity contribution in [1.82, 2.24) is 0 Å². The largest absolute Gasteiger partial charge is 0.496 e. The summed E-state index contributed by atoms with van der Waals surface area (Å²) >= 11 is 0. The van der Waals surface area contributed by atoms with Gasteiger partial charge in [-0.3, -0.25) is 0 Å². The summed E-state index contributed by atoms with van der Waals surface area (Å²) in [6.45, 7) is 0. The third kappa shape index (κ3) is 1.83. The molecule has 1 aliphatic carbocycles. The number of rotatable bonds is 3. The van der Waals surface area contributed by atoms with Gasteiger partial charge in [-0.2, -0.15) is 0 Å². The molecule has 0 amide bonds. The molecular weight excluding hydrogens is 162 g/mol. The van der Waals surface area contributed by atoms with Crippen LogP contribution in [-0.4, -0.2) is 13.2 Å². The van der Waals surface area contributed by atoms with Crippen LogP contribution in [0.4, 0.5) is 0 Å². The second kappa shape index (κ2) is 3.38. The first-order valence-corrected chi connectivity index (χ1v) is 4.68. The molecule has 2 unspecified atom stereocenters. The summed E-state index contributed by atoms with van der Waals surface area (Å²) in [5, 5.41) is 0. The quantitative estimate of drug-likeness (QED) is 0.760. The van der Waals surface area contributed by atoms with Crippen molar-refractivity contribution in [3.05, 3.63) is 29.8 Å². The molecule has 1 fully saturated rings. The lowest BCUT2D eigenvalue weighted by Crippen LogP contribution is -2.04. The average Bonchev–Trinajstić information content (AvgIpc) is 2.83. The van der Waals surface area contributed by atoms with E-state index in [9.17, 15) is 0 Å². The lowest BCUT2D eigenvalue weighted by molar-refractivity contribution is 0.408. The molecule has 0 aromatic heterocycles. The normalized spacial score (nSPS) is 25.7. The highest BCUT2D eigenvalue weighted by atomic mass is 16.5. The van der Waals surface area contributed by atoms with E-state index in [2.05, 4.69) is 6.07 Å². The summed E-state index contributed by atoms with van der Waals surface area (Å²) in [6, 6.07) is 8.58. The van der Waals surface area contributed by atoms with Crippen LogP contribution in [0.2, 0.25) is 0 Å². The fourth-order valence-corrected chi connectivity index (χ4v) is 1.66. The van der Waals surface area contributed by atoms with Crippen LogP contribution >= 0.6 is 0 Å². The smallest absolute Gasteiger partial charge is 0.122 e. The summed E-state index contributed by atoms with van der Waals surface area (Å²) < 4.78 is 5.27. The highest BCUT2D eigenvalue weighted by Gasteiger charge is 2.33. The molecule has 2 atom stereocenters. The fraction of sp³-hybridized carbons (Fsp3) is 0.455. The number of hydrogen-bond acceptors (Lipinski definition) is 2. The van der Waals surface area contributed by atoms with Crippen molar-refractivity contribution in [3.63, 3.8) is 0 Å². The first kappa shape index (κ1) is 8.57. The second-order valence-electron chi connectivity index (χ2n) is 3.68. The molecule has 0 aliphatic heterocycles. The lowest BCUT2D eigenvalue weighted by Gasteiger charge is -2.06. The molecule has 0 spiro atoms. The molecule has 2 nitrogen and oxygen atoms in total. The van der Waals surface area contributed by atoms with Crippen molar-refractivity contribution < 1.29 is 4.74 Å². The first-order chi connectivity index (χ1) is 6.31. The molecule has 70 valence electrons. The highest BCUT2D eigenvalue weighted by molar-refractivity contribution is 5.34. The van der Waals surface area contributed by atoms with Gasteiger partial charge in [0.1, 0.15) is 5.75 Å². The zero-order chi connectivity index (χ0) is 9.26. The Balaban J connectivity index is 2.09. The summed E-state index contributed by atoms with van der Waals surface area (Å²) in [5.74, 6) is 1.66. The average molecular weight is 177 g/mol. The van der Waals surface area contributed by atoms with Gasteiger partial charge >= 0.3 is 0 Å². The molecule has 0 saturated heterocycles. The number of hydrogen-bond donors (Lipinski definition) is 1. The van der Waals surface area contributed by atoms with Crippen molar-refractivity contribution in [2.75, 3.05) is 7.11 Å². The Morgan fingerprint density at radius 3 is 2.77 bits per heavy atom. The molecule has 1 aromatic rings. The third-order valence-electron chi connectivity index (χ3n) is 2.65. The Labute approximate surface area is 78.7 Å². The van der Waals surface area contributed by atoms with E-state index in [0.29, 0.717) is 12.0 Å². The maximum Gasteiger partial charge on any atom is 0.122 e. The predicted octanol–water partition coefficient (Wildman–Crippen LogP) is 1.58. The zero-order valence-electron chi connectivity index (χ0n) is 7.86. The van der Waals surface area contributed by atoms with Crippen molar-refractivity contribution in [1.29, 1.82) is 0 Å². The SMILES string of the molecule is COc1ccccc1CC1CC1N. The minimum Gasteiger partial charge on any atom is -0.496 e. The van der Waals surface area contributed by atoms with Gasteiger partial charge in [-0.05, 0) is 30.4 Å². The van der Waals surface area contributed by atoms with E-state index in [1.807, 2.05) is 18.2 Å². The minimum absolute atomic E-state index is 0.421. The van der Waals surface area contributed by atoms with E-state index in [1.165, 1.54) is 5.56 Å². The van der Waals surface area contributed by atoms with Crippen molar-refractivity contribution >= 4 is 0 Å². The van der Waals surface area contributed by atoms with Gasteiger partial charge in [-0.15, -0.1) is 0 Å². The molecule has 2 heteroatoms. The van der Waals surface area contributed by atoms with Gasteiger partial charge in [-0.25, -0.2) is 0 Å². The second-order valence-corrected chi connectivity index (χ2v) is 3.68. The molecule has 0 radical (unpaired) electrons. The van der Waals surface area contributed by atoms with E-state index in [1.54, 1.807) is 7.11 Å². The van der Waals surface area contributed by atoms with Crippen molar-refractivity contribution in [2.24, 2.45) is 11.7 Å². The van der Waals surface area contributed by atoms with Gasteiger partial charge < -0.3 is 10.5 Å². The molecule has 0 bridgehead atoms. The number of methoxy groups -OCH3 is 1. The van der Waals surface area contributed by atoms with Gasteiger partial charge in [0.15, 0.2) is 0 Å². The number of para-hydroxylation sites is 1. The van der Waals surface area contributed by atoms with E-state index >= 15 is 0 Å². The number of benzene rings is 1. The lowest BCUT2D eigenvalue weighted by atomic mass is 10.1. The Morgan fingerprint density at radius 1 is 1.46 bits per heavy atom. The maximum atomic E-state index is 5.77. The van der Waals surface area contributed by atoms with Crippen LogP contribution in [-0.2, 0) is 6.42 Å². The van der Waals surface area contributed by atoms with E-state index in [-0.39, 0.29) is 0 Å². The molecule has 1 saturated carbocycles. The summed E-state index contributed by atoms with van der Waals surface area (Å²) in [5.41, 5.74) is 7.05. The monoisotopic (exact) mass is 177 g/mol. The topological polar surface area (TPSA) is 35.2 Å². The summed E-state index contributed by atoms with van der Waals surface area (Å²) in [7, 11) is 1.71. The Bertz CT molecular complexity index is 298. The Kier molecular flexibility index (Phi) is 2.23. The molecule has 0 heterocycles. The van der Waals surface area contributed by atoms with Crippen molar-refractivity contribution in [3.8, 4) is 5.75 Å². The third-order valence-corrected chi connectivity index (χ3v) is 2.65. The van der Waals surface area contributed by atoms with Crippen molar-refractivity contribution in [2.45, 2.75) is 18.9 Å². The van der Waals surface area contributed by atoms with E-state index in [4.69, 9.17) is 10.5 Å². The molecule has 2 rings (SSSR count). The molecular formula is C11H15NO. The van der Waals surface area contributed by atoms with Crippen LogP contribution in [0, 0.1) is 5.92 Å². The molecule has 1 aromatic carbocycles. The molecule has 1 aliphatic rings. The summed E-state index contributed by atoms with van der Waals surface area (Å²) in [6.07, 6.45) is 2.23. The Hall–Kier alpha value is -1.02. The van der Waals surface area contributed by atoms with Crippen LogP contribution in [0.3, 0.4) is 0 Å². The van der Waals surface area contributed by atoms with Gasteiger partial charge in [-0.1, -0.05) is 18.2 Å². The van der Waals surface area contributed by atoms with Gasteiger partial charge in [0.25, 0.3) is 0 Å². The summed E-state index contributed by atoms with van der Waals surface area (Å²) in [4.78, 5) is 0. The van der Waals surface area contributed by atoms with Gasteiger partial charge in [0.2, 0.25) is 0 Å². The fourth-order valence-electron chi connectivity index (χ4n) is 1.66. The maximum absolute atomic E-state index is 5.77. The zero-order valence-corrected chi connectivity index (χ0v) is 7.86. The van der Waals surface area contributed by atoms with E-state index in [0.717, 1.165) is 18.6 Å². The van der Waals surface area contributed by atoms with Gasteiger partial charge in [0, 0.05) is 6.04 Å². The number of nitrogens with two attached hydrogens (primary N) is 1. The van der Waals surface area contributed by atoms with Crippen LogP contribution in [0.5, 0.6) is 5.75 Å². The van der Waals surface area contributed by atoms with E-state index < -0.39 is 0 Å². The molecule has 2 N–H and O–H groups in total. The highest BCUT2D eigenvalue weighted by Crippen LogP contribution is 2.34. The predicted molar refractivity (Wildman–Crippen MR) is 52.8 cm³/mol.